The summed E-state index contributed by atoms with van der Waals surface area (Å²) in [6.45, 7) is 8.19. The number of fused-ring (bicyclic) bond motifs is 5. The fraction of sp³-hybridized carbons (Fsp3) is 0.480. The van der Waals surface area contributed by atoms with Crippen molar-refractivity contribution < 1.29 is 9.53 Å². The molecule has 1 unspecified atom stereocenters. The van der Waals surface area contributed by atoms with Gasteiger partial charge in [0.15, 0.2) is 0 Å². The Morgan fingerprint density at radius 3 is 2.86 bits per heavy atom. The van der Waals surface area contributed by atoms with Crippen LogP contribution >= 0.6 is 0 Å². The molecule has 2 aromatic rings. The SMILES string of the molecule is CCOC(=O)c1ccc2c(c1)C(C)(C)[C@H]1CCN3[C@H]4Cc5ccccc5[C@@H]3N2[C@H]41. The zero-order valence-electron chi connectivity index (χ0n) is 17.4. The Morgan fingerprint density at radius 2 is 2.03 bits per heavy atom. The zero-order chi connectivity index (χ0) is 19.9. The van der Waals surface area contributed by atoms with Gasteiger partial charge in [-0.15, -0.1) is 0 Å². The molecule has 4 heteroatoms. The molecule has 2 aromatic carbocycles. The van der Waals surface area contributed by atoms with Gasteiger partial charge >= 0.3 is 5.97 Å². The third-order valence-corrected chi connectivity index (χ3v) is 8.00. The second kappa shape index (κ2) is 5.85. The average Bonchev–Trinajstić information content (AvgIpc) is 2.86. The van der Waals surface area contributed by atoms with Crippen molar-refractivity contribution in [1.82, 2.24) is 4.90 Å². The van der Waals surface area contributed by atoms with Gasteiger partial charge in [0.2, 0.25) is 0 Å². The molecule has 6 rings (SSSR count). The molecule has 2 fully saturated rings. The highest BCUT2D eigenvalue weighted by Gasteiger charge is 2.61. The third-order valence-electron chi connectivity index (χ3n) is 8.00. The summed E-state index contributed by atoms with van der Waals surface area (Å²) in [4.78, 5) is 17.9. The van der Waals surface area contributed by atoms with E-state index in [4.69, 9.17) is 4.74 Å². The van der Waals surface area contributed by atoms with E-state index in [9.17, 15) is 4.79 Å². The van der Waals surface area contributed by atoms with E-state index in [2.05, 4.69) is 60.0 Å². The van der Waals surface area contributed by atoms with Gasteiger partial charge in [-0.1, -0.05) is 38.1 Å². The normalized spacial score (nSPS) is 32.4. The first-order valence-electron chi connectivity index (χ1n) is 11.0. The fourth-order valence-corrected chi connectivity index (χ4v) is 6.76. The van der Waals surface area contributed by atoms with E-state index >= 15 is 0 Å². The van der Waals surface area contributed by atoms with E-state index < -0.39 is 0 Å². The first kappa shape index (κ1) is 17.5. The van der Waals surface area contributed by atoms with Gasteiger partial charge in [-0.3, -0.25) is 4.90 Å². The molecule has 2 saturated heterocycles. The van der Waals surface area contributed by atoms with Crippen molar-refractivity contribution >= 4 is 11.7 Å². The second-order valence-corrected chi connectivity index (χ2v) is 9.55. The topological polar surface area (TPSA) is 32.8 Å². The number of anilines is 1. The Bertz CT molecular complexity index is 1010. The Balaban J connectivity index is 1.55. The molecular weight excluding hydrogens is 360 g/mol. The number of nitrogens with zero attached hydrogens (tertiary/aromatic N) is 2. The van der Waals surface area contributed by atoms with Crippen LogP contribution in [0.4, 0.5) is 5.69 Å². The molecule has 0 aliphatic carbocycles. The lowest BCUT2D eigenvalue weighted by Crippen LogP contribution is -2.56. The molecule has 0 aromatic heterocycles. The molecule has 0 spiro atoms. The highest BCUT2D eigenvalue weighted by atomic mass is 16.5. The summed E-state index contributed by atoms with van der Waals surface area (Å²) in [5, 5.41) is 0. The standard InChI is InChI=1S/C25H28N2O2/c1-4-29-24(28)16-9-10-20-19(13-16)25(2,3)18-11-12-26-21-14-15-7-5-6-8-17(15)23(26)27(20)22(18)21/h5-10,13,18,21-23H,4,11-12,14H2,1-3H3/t18-,21-,22-,23-/m0/s1. The first-order chi connectivity index (χ1) is 14.0. The van der Waals surface area contributed by atoms with E-state index in [0.717, 1.165) is 13.0 Å². The maximum absolute atomic E-state index is 12.4. The smallest absolute Gasteiger partial charge is 0.338 e. The van der Waals surface area contributed by atoms with Crippen LogP contribution in [0.25, 0.3) is 0 Å². The molecule has 4 aliphatic heterocycles. The van der Waals surface area contributed by atoms with Gasteiger partial charge in [0, 0.05) is 18.3 Å². The number of rotatable bonds is 2. The molecule has 4 nitrogen and oxygen atoms in total. The maximum atomic E-state index is 12.4. The van der Waals surface area contributed by atoms with Crippen LogP contribution in [-0.2, 0) is 16.6 Å². The molecule has 4 aliphatic rings. The van der Waals surface area contributed by atoms with Crippen LogP contribution in [0, 0.1) is 5.92 Å². The van der Waals surface area contributed by atoms with Crippen LogP contribution in [0.3, 0.4) is 0 Å². The van der Waals surface area contributed by atoms with Crippen LogP contribution < -0.4 is 4.90 Å². The Hall–Kier alpha value is -2.33. The van der Waals surface area contributed by atoms with E-state index in [-0.39, 0.29) is 11.4 Å². The number of carbonyl (C=O) groups is 1. The average molecular weight is 389 g/mol. The van der Waals surface area contributed by atoms with Gasteiger partial charge in [0.25, 0.3) is 0 Å². The number of piperidine rings is 1. The van der Waals surface area contributed by atoms with Crippen molar-refractivity contribution in [3.8, 4) is 0 Å². The minimum absolute atomic E-state index is 0.0365. The molecule has 4 heterocycles. The number of hydrogen-bond acceptors (Lipinski definition) is 4. The molecule has 0 N–H and O–H groups in total. The lowest BCUT2D eigenvalue weighted by atomic mass is 9.62. The van der Waals surface area contributed by atoms with Crippen molar-refractivity contribution in [2.75, 3.05) is 18.1 Å². The predicted molar refractivity (Wildman–Crippen MR) is 113 cm³/mol. The summed E-state index contributed by atoms with van der Waals surface area (Å²) in [5.41, 5.74) is 6.30. The summed E-state index contributed by atoms with van der Waals surface area (Å²) < 4.78 is 5.29. The van der Waals surface area contributed by atoms with Crippen molar-refractivity contribution in [2.45, 2.75) is 57.3 Å². The number of carbonyl (C=O) groups excluding carboxylic acids is 1. The largest absolute Gasteiger partial charge is 0.462 e. The molecule has 0 radical (unpaired) electrons. The lowest BCUT2D eigenvalue weighted by molar-refractivity contribution is 0.0525. The van der Waals surface area contributed by atoms with E-state index in [1.165, 1.54) is 28.8 Å². The van der Waals surface area contributed by atoms with Gasteiger partial charge in [0.1, 0.15) is 6.17 Å². The second-order valence-electron chi connectivity index (χ2n) is 9.55. The molecule has 29 heavy (non-hydrogen) atoms. The van der Waals surface area contributed by atoms with Crippen LogP contribution in [0.5, 0.6) is 0 Å². The van der Waals surface area contributed by atoms with Gasteiger partial charge in [-0.25, -0.2) is 4.79 Å². The summed E-state index contributed by atoms with van der Waals surface area (Å²) in [7, 11) is 0. The summed E-state index contributed by atoms with van der Waals surface area (Å²) in [6.07, 6.45) is 2.69. The quantitative estimate of drug-likeness (QED) is 0.719. The van der Waals surface area contributed by atoms with E-state index in [0.29, 0.717) is 36.3 Å². The first-order valence-corrected chi connectivity index (χ1v) is 11.0. The zero-order valence-corrected chi connectivity index (χ0v) is 17.4. The van der Waals surface area contributed by atoms with Gasteiger partial charge in [-0.05, 0) is 66.0 Å². The van der Waals surface area contributed by atoms with Crippen molar-refractivity contribution in [2.24, 2.45) is 5.92 Å². The van der Waals surface area contributed by atoms with Gasteiger partial charge in [-0.2, -0.15) is 0 Å². The Kier molecular flexibility index (Phi) is 3.54. The van der Waals surface area contributed by atoms with E-state index in [1.54, 1.807) is 0 Å². The minimum Gasteiger partial charge on any atom is -0.462 e. The van der Waals surface area contributed by atoms with Gasteiger partial charge < -0.3 is 9.64 Å². The van der Waals surface area contributed by atoms with Crippen molar-refractivity contribution in [3.05, 3.63) is 64.7 Å². The number of benzene rings is 2. The number of esters is 1. The fourth-order valence-electron chi connectivity index (χ4n) is 6.76. The molecule has 0 amide bonds. The monoisotopic (exact) mass is 388 g/mol. The van der Waals surface area contributed by atoms with Crippen molar-refractivity contribution in [3.63, 3.8) is 0 Å². The molecule has 4 bridgehead atoms. The van der Waals surface area contributed by atoms with Crippen LogP contribution in [0.2, 0.25) is 0 Å². The summed E-state index contributed by atoms with van der Waals surface area (Å²) >= 11 is 0. The molecular formula is C25H28N2O2. The summed E-state index contributed by atoms with van der Waals surface area (Å²) in [5.74, 6) is 0.375. The summed E-state index contributed by atoms with van der Waals surface area (Å²) in [6, 6.07) is 16.4. The molecule has 150 valence electrons. The maximum Gasteiger partial charge on any atom is 0.338 e. The van der Waals surface area contributed by atoms with Crippen LogP contribution in [0.15, 0.2) is 42.5 Å². The van der Waals surface area contributed by atoms with Crippen LogP contribution in [-0.4, -0.2) is 36.1 Å². The predicted octanol–water partition coefficient (Wildman–Crippen LogP) is 4.29. The van der Waals surface area contributed by atoms with Gasteiger partial charge in [0.05, 0.1) is 18.2 Å². The third kappa shape index (κ3) is 2.16. The van der Waals surface area contributed by atoms with Crippen LogP contribution in [0.1, 0.15) is 60.4 Å². The molecule has 5 atom stereocenters. The lowest BCUT2D eigenvalue weighted by Gasteiger charge is -2.51. The molecule has 0 saturated carbocycles. The Morgan fingerprint density at radius 1 is 1.21 bits per heavy atom. The Labute approximate surface area is 172 Å². The number of hydrogen-bond donors (Lipinski definition) is 0. The highest BCUT2D eigenvalue weighted by molar-refractivity contribution is 5.90. The van der Waals surface area contributed by atoms with E-state index in [1.807, 2.05) is 13.0 Å². The highest BCUT2D eigenvalue weighted by Crippen LogP contribution is 2.60. The van der Waals surface area contributed by atoms with Crippen molar-refractivity contribution in [1.29, 1.82) is 0 Å². The number of ether oxygens (including phenoxy) is 1. The minimum atomic E-state index is -0.216.